The van der Waals surface area contributed by atoms with Crippen molar-refractivity contribution < 1.29 is 0 Å². The maximum absolute atomic E-state index is 9.02. The molecule has 6 aromatic rings. The Balaban J connectivity index is 1.42. The molecule has 6 aromatic carbocycles. The minimum atomic E-state index is 0.160. The van der Waals surface area contributed by atoms with Crippen LogP contribution in [0.25, 0.3) is 33.4 Å². The zero-order valence-corrected chi connectivity index (χ0v) is 24.0. The molecular formula is C40H31N3. The van der Waals surface area contributed by atoms with Gasteiger partial charge in [0.25, 0.3) is 0 Å². The van der Waals surface area contributed by atoms with Gasteiger partial charge in [-0.1, -0.05) is 146 Å². The predicted molar refractivity (Wildman–Crippen MR) is 181 cm³/mol. The van der Waals surface area contributed by atoms with Crippen molar-refractivity contribution in [2.45, 2.75) is 6.92 Å². The van der Waals surface area contributed by atoms with E-state index >= 15 is 0 Å². The van der Waals surface area contributed by atoms with E-state index in [4.69, 9.17) is 15.4 Å². The van der Waals surface area contributed by atoms with Crippen LogP contribution in [0, 0.1) is 5.41 Å². The summed E-state index contributed by atoms with van der Waals surface area (Å²) in [6, 6.07) is 55.4. The first-order valence-electron chi connectivity index (χ1n) is 14.3. The third-order valence-corrected chi connectivity index (χ3v) is 7.35. The fourth-order valence-corrected chi connectivity index (χ4v) is 5.05. The van der Waals surface area contributed by atoms with Gasteiger partial charge in [0.15, 0.2) is 11.7 Å². The van der Waals surface area contributed by atoms with E-state index in [1.807, 2.05) is 91.9 Å². The van der Waals surface area contributed by atoms with Crippen molar-refractivity contribution in [3.8, 4) is 33.4 Å². The molecule has 0 aromatic heterocycles. The fourth-order valence-electron chi connectivity index (χ4n) is 5.05. The van der Waals surface area contributed by atoms with E-state index in [9.17, 15) is 0 Å². The number of nitrogens with zero attached hydrogens (tertiary/aromatic N) is 2. The summed E-state index contributed by atoms with van der Waals surface area (Å²) < 4.78 is 0. The highest BCUT2D eigenvalue weighted by atomic mass is 15.0. The van der Waals surface area contributed by atoms with Gasteiger partial charge in [-0.2, -0.15) is 0 Å². The van der Waals surface area contributed by atoms with E-state index in [2.05, 4.69) is 78.9 Å². The lowest BCUT2D eigenvalue weighted by Gasteiger charge is -2.10. The van der Waals surface area contributed by atoms with Gasteiger partial charge in [-0.25, -0.2) is 9.98 Å². The second-order valence-corrected chi connectivity index (χ2v) is 10.3. The summed E-state index contributed by atoms with van der Waals surface area (Å²) in [6.45, 7) is 2.00. The molecule has 43 heavy (non-hydrogen) atoms. The van der Waals surface area contributed by atoms with Crippen LogP contribution in [0.1, 0.15) is 23.6 Å². The third kappa shape index (κ3) is 6.64. The zero-order valence-electron chi connectivity index (χ0n) is 24.0. The average Bonchev–Trinajstić information content (AvgIpc) is 3.09. The molecule has 0 aliphatic carbocycles. The van der Waals surface area contributed by atoms with Crippen LogP contribution in [0.2, 0.25) is 0 Å². The van der Waals surface area contributed by atoms with Gasteiger partial charge in [0, 0.05) is 16.8 Å². The zero-order chi connectivity index (χ0) is 29.4. The second kappa shape index (κ2) is 12.9. The minimum absolute atomic E-state index is 0.160. The van der Waals surface area contributed by atoms with Gasteiger partial charge in [0.05, 0.1) is 0 Å². The number of rotatable bonds is 6. The van der Waals surface area contributed by atoms with E-state index in [0.717, 1.165) is 55.8 Å². The summed E-state index contributed by atoms with van der Waals surface area (Å²) in [5.74, 6) is 0.656. The van der Waals surface area contributed by atoms with Crippen molar-refractivity contribution in [3.63, 3.8) is 0 Å². The molecule has 0 bridgehead atoms. The van der Waals surface area contributed by atoms with Crippen molar-refractivity contribution in [1.29, 1.82) is 5.41 Å². The van der Waals surface area contributed by atoms with E-state index in [-0.39, 0.29) is 5.84 Å². The number of aliphatic imine (C=N–C) groups is 2. The molecule has 1 N–H and O–H groups in total. The number of nitrogens with one attached hydrogen (secondary N) is 1. The van der Waals surface area contributed by atoms with Crippen molar-refractivity contribution in [1.82, 2.24) is 0 Å². The normalized spacial score (nSPS) is 11.7. The van der Waals surface area contributed by atoms with Gasteiger partial charge in [-0.3, -0.25) is 5.41 Å². The molecule has 0 spiro atoms. The van der Waals surface area contributed by atoms with E-state index < -0.39 is 0 Å². The molecule has 0 unspecified atom stereocenters. The van der Waals surface area contributed by atoms with Crippen molar-refractivity contribution in [2.24, 2.45) is 9.98 Å². The van der Waals surface area contributed by atoms with Crippen LogP contribution in [0.4, 0.5) is 0 Å². The first kappa shape index (κ1) is 27.5. The van der Waals surface area contributed by atoms with Crippen LogP contribution >= 0.6 is 0 Å². The highest BCUT2D eigenvalue weighted by Gasteiger charge is 2.11. The molecule has 0 saturated carbocycles. The van der Waals surface area contributed by atoms with Gasteiger partial charge in [0.2, 0.25) is 0 Å². The molecule has 0 atom stereocenters. The predicted octanol–water partition coefficient (Wildman–Crippen LogP) is 9.97. The molecule has 0 radical (unpaired) electrons. The number of hydrogen-bond donors (Lipinski definition) is 1. The topological polar surface area (TPSA) is 48.6 Å². The summed E-state index contributed by atoms with van der Waals surface area (Å²) in [7, 11) is 0. The van der Waals surface area contributed by atoms with Crippen LogP contribution in [-0.4, -0.2) is 17.4 Å². The Labute approximate surface area is 253 Å². The van der Waals surface area contributed by atoms with Crippen molar-refractivity contribution in [2.75, 3.05) is 0 Å². The average molecular weight is 554 g/mol. The third-order valence-electron chi connectivity index (χ3n) is 7.35. The Morgan fingerprint density at radius 3 is 1.26 bits per heavy atom. The van der Waals surface area contributed by atoms with Gasteiger partial charge in [-0.05, 0) is 64.1 Å². The molecular weight excluding hydrogens is 522 g/mol. The molecule has 3 nitrogen and oxygen atoms in total. The van der Waals surface area contributed by atoms with Crippen molar-refractivity contribution >= 4 is 17.4 Å². The number of hydrogen-bond acceptors (Lipinski definition) is 1. The lowest BCUT2D eigenvalue weighted by molar-refractivity contribution is 1.39. The van der Waals surface area contributed by atoms with Gasteiger partial charge < -0.3 is 0 Å². The van der Waals surface area contributed by atoms with E-state index in [0.29, 0.717) is 5.84 Å². The Kier molecular flexibility index (Phi) is 8.24. The maximum Gasteiger partial charge on any atom is 0.161 e. The highest BCUT2D eigenvalue weighted by molar-refractivity contribution is 6.16. The van der Waals surface area contributed by atoms with Crippen LogP contribution < -0.4 is 0 Å². The molecule has 0 amide bonds. The van der Waals surface area contributed by atoms with Gasteiger partial charge in [0.1, 0.15) is 0 Å². The second-order valence-electron chi connectivity index (χ2n) is 10.3. The summed E-state index contributed by atoms with van der Waals surface area (Å²) in [5, 5.41) is 9.02. The van der Waals surface area contributed by atoms with E-state index in [1.165, 1.54) is 0 Å². The molecule has 3 heteroatoms. The Morgan fingerprint density at radius 1 is 0.395 bits per heavy atom. The quantitative estimate of drug-likeness (QED) is 0.158. The lowest BCUT2D eigenvalue weighted by atomic mass is 10.0. The molecule has 0 saturated heterocycles. The monoisotopic (exact) mass is 553 g/mol. The smallest absolute Gasteiger partial charge is 0.161 e. The lowest BCUT2D eigenvalue weighted by Crippen LogP contribution is -2.08. The molecule has 0 aliphatic heterocycles. The summed E-state index contributed by atoms with van der Waals surface area (Å²) in [6.07, 6.45) is 0. The van der Waals surface area contributed by atoms with Crippen molar-refractivity contribution in [3.05, 3.63) is 180 Å². The minimum Gasteiger partial charge on any atom is -0.282 e. The molecule has 6 rings (SSSR count). The fraction of sp³-hybridized carbons (Fsp3) is 0.0250. The summed E-state index contributed by atoms with van der Waals surface area (Å²) >= 11 is 0. The number of amidine groups is 2. The van der Waals surface area contributed by atoms with Crippen LogP contribution in [0.3, 0.4) is 0 Å². The Hall–Kier alpha value is -5.67. The molecule has 0 aliphatic rings. The Morgan fingerprint density at radius 2 is 0.767 bits per heavy atom. The highest BCUT2D eigenvalue weighted by Crippen LogP contribution is 2.24. The molecule has 206 valence electrons. The van der Waals surface area contributed by atoms with E-state index in [1.54, 1.807) is 0 Å². The van der Waals surface area contributed by atoms with Gasteiger partial charge >= 0.3 is 0 Å². The SMILES string of the molecule is C/C(=N\C(=N/C(=N)c1cccc(-c2ccccc2)c1)c1cccc(-c2ccccc2)c1)c1cccc(-c2ccccc2)c1. The maximum atomic E-state index is 9.02. The van der Waals surface area contributed by atoms with Crippen LogP contribution in [0.5, 0.6) is 0 Å². The largest absolute Gasteiger partial charge is 0.282 e. The standard InChI is InChI=1S/C40H31N3/c1-29(33-20-11-21-34(26-33)30-14-5-2-6-15-30)42-40(38-25-13-23-36(28-38)32-18-9-4-10-19-32)43-39(41)37-24-12-22-35(27-37)31-16-7-3-8-17-31/h2-28,41H,1H3/b41-39?,42-29+,43-40-. The number of benzene rings is 6. The van der Waals surface area contributed by atoms with Gasteiger partial charge in [-0.15, -0.1) is 0 Å². The Bertz CT molecular complexity index is 1920. The molecule has 0 heterocycles. The van der Waals surface area contributed by atoms with Crippen LogP contribution in [-0.2, 0) is 0 Å². The first-order valence-corrected chi connectivity index (χ1v) is 14.3. The first-order chi connectivity index (χ1) is 21.1. The summed E-state index contributed by atoms with van der Waals surface area (Å²) in [4.78, 5) is 9.90. The van der Waals surface area contributed by atoms with Crippen LogP contribution in [0.15, 0.2) is 174 Å². The molecule has 0 fully saturated rings. The summed E-state index contributed by atoms with van der Waals surface area (Å²) in [5.41, 5.74) is 10.0.